The monoisotopic (exact) mass is 357 g/mol. The van der Waals surface area contributed by atoms with Crippen molar-refractivity contribution >= 4 is 33.9 Å². The lowest BCUT2D eigenvalue weighted by Crippen LogP contribution is -2.05. The fourth-order valence-electron chi connectivity index (χ4n) is 1.98. The van der Waals surface area contributed by atoms with Gasteiger partial charge in [-0.05, 0) is 48.0 Å². The van der Waals surface area contributed by atoms with Gasteiger partial charge in [-0.25, -0.2) is 9.79 Å². The van der Waals surface area contributed by atoms with Gasteiger partial charge in [0, 0.05) is 10.0 Å². The first-order chi connectivity index (χ1) is 10.7. The molecule has 0 aromatic heterocycles. The third kappa shape index (κ3) is 3.09. The van der Waals surface area contributed by atoms with Crippen molar-refractivity contribution in [3.05, 3.63) is 69.8 Å². The molecule has 22 heavy (non-hydrogen) atoms. The van der Waals surface area contributed by atoms with Crippen LogP contribution < -0.4 is 4.74 Å². The smallest absolute Gasteiger partial charge is 0.363 e. The molecule has 0 unspecified atom stereocenters. The summed E-state index contributed by atoms with van der Waals surface area (Å²) in [6, 6.07) is 14.8. The molecule has 1 heterocycles. The maximum atomic E-state index is 11.9. The lowest BCUT2D eigenvalue weighted by atomic mass is 10.2. The highest BCUT2D eigenvalue weighted by molar-refractivity contribution is 9.10. The lowest BCUT2D eigenvalue weighted by molar-refractivity contribution is -0.129. The third-order valence-corrected chi connectivity index (χ3v) is 3.66. The van der Waals surface area contributed by atoms with E-state index in [9.17, 15) is 4.79 Å². The van der Waals surface area contributed by atoms with Crippen molar-refractivity contribution in [3.63, 3.8) is 0 Å². The molecule has 0 saturated heterocycles. The molecule has 0 aliphatic carbocycles. The van der Waals surface area contributed by atoms with Gasteiger partial charge in [-0.1, -0.05) is 28.1 Å². The molecule has 0 spiro atoms. The highest BCUT2D eigenvalue weighted by Gasteiger charge is 2.24. The van der Waals surface area contributed by atoms with Crippen molar-refractivity contribution in [2.45, 2.75) is 0 Å². The molecule has 1 aliphatic heterocycles. The first kappa shape index (κ1) is 14.5. The lowest BCUT2D eigenvalue weighted by Gasteiger charge is -2.01. The normalized spacial score (nSPS) is 15.6. The Morgan fingerprint density at radius 2 is 1.77 bits per heavy atom. The number of esters is 1. The number of aliphatic imine (C=N–C) groups is 1. The minimum atomic E-state index is -0.450. The number of carbonyl (C=O) groups is 1. The first-order valence-corrected chi connectivity index (χ1v) is 7.37. The van der Waals surface area contributed by atoms with Gasteiger partial charge in [0.15, 0.2) is 5.70 Å². The number of methoxy groups -OCH3 is 1. The summed E-state index contributed by atoms with van der Waals surface area (Å²) in [7, 11) is 1.60. The number of ether oxygens (including phenoxy) is 2. The van der Waals surface area contributed by atoms with E-state index in [-0.39, 0.29) is 5.70 Å². The maximum absolute atomic E-state index is 11.9. The molecule has 0 bridgehead atoms. The molecule has 1 aliphatic rings. The van der Waals surface area contributed by atoms with Gasteiger partial charge >= 0.3 is 5.97 Å². The Morgan fingerprint density at radius 3 is 2.41 bits per heavy atom. The molecular formula is C17H12BrNO3. The third-order valence-electron chi connectivity index (χ3n) is 3.13. The number of benzene rings is 2. The highest BCUT2D eigenvalue weighted by atomic mass is 79.9. The van der Waals surface area contributed by atoms with Gasteiger partial charge in [0.1, 0.15) is 5.75 Å². The molecule has 0 amide bonds. The molecule has 0 N–H and O–H groups in total. The second kappa shape index (κ2) is 6.15. The SMILES string of the molecule is COc1ccc(C2=N/C(=C/c3ccc(Br)cc3)C(=O)O2)cc1. The Bertz CT molecular complexity index is 761. The summed E-state index contributed by atoms with van der Waals surface area (Å²) < 4.78 is 11.3. The van der Waals surface area contributed by atoms with Crippen molar-refractivity contribution < 1.29 is 14.3 Å². The zero-order chi connectivity index (χ0) is 15.5. The average molecular weight is 358 g/mol. The summed E-state index contributed by atoms with van der Waals surface area (Å²) in [5.74, 6) is 0.587. The molecule has 2 aromatic carbocycles. The van der Waals surface area contributed by atoms with Crippen LogP contribution in [0.15, 0.2) is 63.7 Å². The van der Waals surface area contributed by atoms with E-state index >= 15 is 0 Å². The molecule has 2 aromatic rings. The summed E-state index contributed by atoms with van der Waals surface area (Å²) >= 11 is 3.37. The van der Waals surface area contributed by atoms with Crippen molar-refractivity contribution in [3.8, 4) is 5.75 Å². The van der Waals surface area contributed by atoms with Gasteiger partial charge in [0.05, 0.1) is 7.11 Å². The highest BCUT2D eigenvalue weighted by Crippen LogP contribution is 2.21. The molecule has 5 heteroatoms. The van der Waals surface area contributed by atoms with Crippen molar-refractivity contribution in [1.82, 2.24) is 0 Å². The number of carbonyl (C=O) groups excluding carboxylic acids is 1. The molecule has 0 atom stereocenters. The summed E-state index contributed by atoms with van der Waals surface area (Å²) in [5, 5.41) is 0. The fourth-order valence-corrected chi connectivity index (χ4v) is 2.25. The summed E-state index contributed by atoms with van der Waals surface area (Å²) in [4.78, 5) is 16.2. The van der Waals surface area contributed by atoms with Crippen molar-refractivity contribution in [2.75, 3.05) is 7.11 Å². The van der Waals surface area contributed by atoms with E-state index in [1.54, 1.807) is 37.5 Å². The molecule has 0 saturated carbocycles. The van der Waals surface area contributed by atoms with Gasteiger partial charge in [0.25, 0.3) is 0 Å². The summed E-state index contributed by atoms with van der Waals surface area (Å²) in [6.07, 6.45) is 1.70. The Labute approximate surface area is 136 Å². The fraction of sp³-hybridized carbons (Fsp3) is 0.0588. The van der Waals surface area contributed by atoms with Crippen LogP contribution in [-0.2, 0) is 9.53 Å². The molecule has 0 radical (unpaired) electrons. The largest absolute Gasteiger partial charge is 0.497 e. The minimum Gasteiger partial charge on any atom is -0.497 e. The molecule has 3 rings (SSSR count). The van der Waals surface area contributed by atoms with Crippen LogP contribution in [0.4, 0.5) is 0 Å². The Morgan fingerprint density at radius 1 is 1.09 bits per heavy atom. The van der Waals surface area contributed by atoms with Gasteiger partial charge in [0.2, 0.25) is 5.90 Å². The topological polar surface area (TPSA) is 47.9 Å². The van der Waals surface area contributed by atoms with Crippen LogP contribution in [0.1, 0.15) is 11.1 Å². The number of rotatable bonds is 3. The van der Waals surface area contributed by atoms with Crippen LogP contribution >= 0.6 is 15.9 Å². The Balaban J connectivity index is 1.88. The predicted octanol–water partition coefficient (Wildman–Crippen LogP) is 3.80. The standard InChI is InChI=1S/C17H12BrNO3/c1-21-14-8-4-12(5-9-14)16-19-15(17(20)22-16)10-11-2-6-13(18)7-3-11/h2-10H,1H3/b15-10+. The molecule has 110 valence electrons. The zero-order valence-corrected chi connectivity index (χ0v) is 13.3. The number of cyclic esters (lactones) is 1. The van der Waals surface area contributed by atoms with Crippen LogP contribution in [0.5, 0.6) is 5.75 Å². The second-order valence-electron chi connectivity index (χ2n) is 4.62. The van der Waals surface area contributed by atoms with Gasteiger partial charge in [-0.2, -0.15) is 0 Å². The number of halogens is 1. The Hall–Kier alpha value is -2.40. The van der Waals surface area contributed by atoms with Gasteiger partial charge in [-0.15, -0.1) is 0 Å². The summed E-state index contributed by atoms with van der Waals surface area (Å²) in [5.41, 5.74) is 1.90. The van der Waals surface area contributed by atoms with E-state index < -0.39 is 5.97 Å². The van der Waals surface area contributed by atoms with Gasteiger partial charge < -0.3 is 9.47 Å². The number of hydrogen-bond donors (Lipinski definition) is 0. The van der Waals surface area contributed by atoms with Crippen LogP contribution in [0.25, 0.3) is 6.08 Å². The second-order valence-corrected chi connectivity index (χ2v) is 5.53. The quantitative estimate of drug-likeness (QED) is 0.619. The van der Waals surface area contributed by atoms with E-state index in [0.29, 0.717) is 5.90 Å². The Kier molecular flexibility index (Phi) is 4.06. The minimum absolute atomic E-state index is 0.285. The van der Waals surface area contributed by atoms with Crippen LogP contribution in [0.2, 0.25) is 0 Å². The number of hydrogen-bond acceptors (Lipinski definition) is 4. The van der Waals surface area contributed by atoms with E-state index in [1.165, 1.54) is 0 Å². The first-order valence-electron chi connectivity index (χ1n) is 6.58. The van der Waals surface area contributed by atoms with Crippen molar-refractivity contribution in [1.29, 1.82) is 0 Å². The van der Waals surface area contributed by atoms with Crippen LogP contribution in [0, 0.1) is 0 Å². The van der Waals surface area contributed by atoms with Crippen molar-refractivity contribution in [2.24, 2.45) is 4.99 Å². The van der Waals surface area contributed by atoms with Crippen LogP contribution in [0.3, 0.4) is 0 Å². The average Bonchev–Trinajstić information content (AvgIpc) is 2.91. The van der Waals surface area contributed by atoms with E-state index in [4.69, 9.17) is 9.47 Å². The maximum Gasteiger partial charge on any atom is 0.363 e. The summed E-state index contributed by atoms with van der Waals surface area (Å²) in [6.45, 7) is 0. The molecule has 4 nitrogen and oxygen atoms in total. The predicted molar refractivity (Wildman–Crippen MR) is 87.7 cm³/mol. The molecule has 0 fully saturated rings. The van der Waals surface area contributed by atoms with E-state index in [1.807, 2.05) is 24.3 Å². The van der Waals surface area contributed by atoms with E-state index in [0.717, 1.165) is 21.3 Å². The zero-order valence-electron chi connectivity index (χ0n) is 11.7. The van der Waals surface area contributed by atoms with Crippen LogP contribution in [-0.4, -0.2) is 19.0 Å². The number of nitrogens with zero attached hydrogens (tertiary/aromatic N) is 1. The van der Waals surface area contributed by atoms with E-state index in [2.05, 4.69) is 20.9 Å². The van der Waals surface area contributed by atoms with Gasteiger partial charge in [-0.3, -0.25) is 0 Å². The molecular weight excluding hydrogens is 346 g/mol.